The Bertz CT molecular complexity index is 2780. The van der Waals surface area contributed by atoms with E-state index in [1.165, 1.54) is 109 Å². The molecular formula is C59H67BN2. The SMILES string of the molecule is Cc1ccc(NC2C3=C[C@]2(c2ccccc2C)C24C(=CC2Bc2c(N(C)c5ccc6c(c5)C(C)(C)CCC6(C)C)cc5c(c23)C(C)c2ccccc2-5)C(C)(C)CCC4(C)C)cc1. The maximum atomic E-state index is 4.41. The van der Waals surface area contributed by atoms with E-state index < -0.39 is 0 Å². The molecule has 0 amide bonds. The largest absolute Gasteiger partial charge is 0.377 e. The summed E-state index contributed by atoms with van der Waals surface area (Å²) < 4.78 is 0. The summed E-state index contributed by atoms with van der Waals surface area (Å²) >= 11 is 0. The first-order valence-electron chi connectivity index (χ1n) is 23.9. The zero-order chi connectivity index (χ0) is 43.5. The first kappa shape index (κ1) is 40.0. The molecule has 1 spiro atoms. The van der Waals surface area contributed by atoms with Crippen LogP contribution in [-0.2, 0) is 16.2 Å². The number of nitrogens with zero attached hydrogens (tertiary/aromatic N) is 1. The maximum Gasteiger partial charge on any atom is 0.169 e. The summed E-state index contributed by atoms with van der Waals surface area (Å²) in [6.07, 6.45) is 10.5. The van der Waals surface area contributed by atoms with Crippen molar-refractivity contribution in [3.63, 3.8) is 0 Å². The summed E-state index contributed by atoms with van der Waals surface area (Å²) in [5.74, 6) is 0.653. The predicted molar refractivity (Wildman–Crippen MR) is 266 cm³/mol. The molecule has 62 heavy (non-hydrogen) atoms. The number of hydrogen-bond acceptors (Lipinski definition) is 2. The Balaban J connectivity index is 1.24. The topological polar surface area (TPSA) is 15.3 Å². The molecular weight excluding hydrogens is 747 g/mol. The average molecular weight is 815 g/mol. The van der Waals surface area contributed by atoms with Crippen LogP contribution in [0.5, 0.6) is 0 Å². The van der Waals surface area contributed by atoms with E-state index in [-0.39, 0.29) is 38.5 Å². The zero-order valence-corrected chi connectivity index (χ0v) is 39.6. The van der Waals surface area contributed by atoms with Crippen molar-refractivity contribution in [3.05, 3.63) is 159 Å². The minimum Gasteiger partial charge on any atom is -0.377 e. The minimum absolute atomic E-state index is 0.0511. The Hall–Kier alpha value is -4.76. The highest BCUT2D eigenvalue weighted by Crippen LogP contribution is 2.81. The smallest absolute Gasteiger partial charge is 0.169 e. The molecule has 1 N–H and O–H groups in total. The Morgan fingerprint density at radius 1 is 0.677 bits per heavy atom. The van der Waals surface area contributed by atoms with Crippen molar-refractivity contribution in [1.29, 1.82) is 0 Å². The fraction of sp³-hybridized carbons (Fsp3) is 0.424. The van der Waals surface area contributed by atoms with Crippen LogP contribution >= 0.6 is 0 Å². The molecule has 12 rings (SSSR count). The van der Waals surface area contributed by atoms with E-state index in [0.29, 0.717) is 11.7 Å². The van der Waals surface area contributed by atoms with Crippen molar-refractivity contribution in [2.45, 2.75) is 136 Å². The second kappa shape index (κ2) is 12.9. The normalized spacial score (nSPS) is 28.2. The first-order chi connectivity index (χ1) is 29.3. The summed E-state index contributed by atoms with van der Waals surface area (Å²) in [4.78, 5) is 2.59. The third-order valence-electron chi connectivity index (χ3n) is 18.2. The standard InChI is InChI=1S/C59H67BN2/c1-35-21-23-38(24-22-35)61-53-43-34-58(53,44-20-16-13-17-36(44)2)59-48(56(8,9)29-30-57(59,10)11)33-49(59)60-52-47(32-42-41-19-15-14-18-40(41)37(3)50(42)51(43)52)62(12)39-25-26-45-46(31-39)55(6,7)28-27-54(45,4)5/h13-26,31-34,37,49,53,60-61H,27-30H2,1-12H3/t37?,49?,53?,58-,59?/m1/s1. The van der Waals surface area contributed by atoms with Gasteiger partial charge in [-0.1, -0.05) is 158 Å². The molecule has 0 aromatic heterocycles. The molecule has 5 atom stereocenters. The predicted octanol–water partition coefficient (Wildman–Crippen LogP) is 14.0. The van der Waals surface area contributed by atoms with Gasteiger partial charge in [-0.2, -0.15) is 0 Å². The fourth-order valence-corrected chi connectivity index (χ4v) is 14.7. The number of aryl methyl sites for hydroxylation is 2. The molecule has 5 aromatic rings. The van der Waals surface area contributed by atoms with Crippen LogP contribution in [-0.4, -0.2) is 20.4 Å². The van der Waals surface area contributed by atoms with E-state index in [4.69, 9.17) is 0 Å². The number of allylic oxidation sites excluding steroid dienone is 2. The minimum atomic E-state index is -0.257. The van der Waals surface area contributed by atoms with Crippen molar-refractivity contribution in [3.8, 4) is 11.1 Å². The van der Waals surface area contributed by atoms with Crippen molar-refractivity contribution >= 4 is 35.4 Å². The van der Waals surface area contributed by atoms with Crippen LogP contribution in [0.1, 0.15) is 138 Å². The van der Waals surface area contributed by atoms with Crippen molar-refractivity contribution in [1.82, 2.24) is 0 Å². The quantitative estimate of drug-likeness (QED) is 0.140. The third kappa shape index (κ3) is 5.06. The maximum absolute atomic E-state index is 4.41. The molecule has 2 heterocycles. The highest BCUT2D eigenvalue weighted by Gasteiger charge is 2.76. The van der Waals surface area contributed by atoms with Crippen molar-refractivity contribution in [2.24, 2.45) is 16.2 Å². The van der Waals surface area contributed by atoms with Gasteiger partial charge in [-0.15, -0.1) is 0 Å². The van der Waals surface area contributed by atoms with Gasteiger partial charge < -0.3 is 10.2 Å². The van der Waals surface area contributed by atoms with Crippen LogP contribution in [0.3, 0.4) is 0 Å². The van der Waals surface area contributed by atoms with Crippen LogP contribution in [0.25, 0.3) is 16.7 Å². The molecule has 0 radical (unpaired) electrons. The van der Waals surface area contributed by atoms with Gasteiger partial charge in [0, 0.05) is 40.9 Å². The zero-order valence-electron chi connectivity index (χ0n) is 39.6. The molecule has 0 saturated heterocycles. The Kier molecular flexibility index (Phi) is 8.35. The Labute approximate surface area is 373 Å². The van der Waals surface area contributed by atoms with Gasteiger partial charge >= 0.3 is 0 Å². The highest BCUT2D eigenvalue weighted by molar-refractivity contribution is 6.60. The van der Waals surface area contributed by atoms with Gasteiger partial charge in [0.1, 0.15) is 0 Å². The van der Waals surface area contributed by atoms with Crippen LogP contribution in [0.15, 0.2) is 115 Å². The summed E-state index contributed by atoms with van der Waals surface area (Å²) in [5, 5.41) is 4.41. The lowest BCUT2D eigenvalue weighted by atomic mass is 9.22. The van der Waals surface area contributed by atoms with E-state index in [2.05, 4.69) is 203 Å². The van der Waals surface area contributed by atoms with Gasteiger partial charge in [0.05, 0.1) is 6.04 Å². The van der Waals surface area contributed by atoms with Crippen molar-refractivity contribution in [2.75, 3.05) is 17.3 Å². The summed E-state index contributed by atoms with van der Waals surface area (Å²) in [7, 11) is 3.40. The average Bonchev–Trinajstić information content (AvgIpc) is 3.50. The second-order valence-electron chi connectivity index (χ2n) is 23.3. The van der Waals surface area contributed by atoms with Gasteiger partial charge in [-0.25, -0.2) is 0 Å². The lowest BCUT2D eigenvalue weighted by Crippen LogP contribution is -2.74. The molecule has 4 unspecified atom stereocenters. The monoisotopic (exact) mass is 815 g/mol. The molecule has 3 heteroatoms. The number of benzene rings is 5. The van der Waals surface area contributed by atoms with E-state index in [9.17, 15) is 0 Å². The van der Waals surface area contributed by atoms with E-state index in [1.54, 1.807) is 5.57 Å². The van der Waals surface area contributed by atoms with Crippen LogP contribution in [0, 0.1) is 30.1 Å². The lowest BCUT2D eigenvalue weighted by Gasteiger charge is -2.76. The van der Waals surface area contributed by atoms with Crippen molar-refractivity contribution < 1.29 is 0 Å². The lowest BCUT2D eigenvalue weighted by molar-refractivity contribution is -0.0517. The number of hydrogen-bond donors (Lipinski definition) is 1. The molecule has 7 aliphatic rings. The fourth-order valence-electron chi connectivity index (χ4n) is 14.7. The van der Waals surface area contributed by atoms with E-state index in [1.807, 2.05) is 0 Å². The third-order valence-corrected chi connectivity index (χ3v) is 18.2. The number of anilines is 3. The molecule has 1 fully saturated rings. The molecule has 2 nitrogen and oxygen atoms in total. The Morgan fingerprint density at radius 3 is 2.10 bits per heavy atom. The van der Waals surface area contributed by atoms with E-state index in [0.717, 1.165) is 7.28 Å². The number of fused-ring (bicyclic) bond motifs is 4. The van der Waals surface area contributed by atoms with E-state index >= 15 is 0 Å². The molecule has 2 bridgehead atoms. The van der Waals surface area contributed by atoms with Crippen LogP contribution in [0.4, 0.5) is 17.1 Å². The van der Waals surface area contributed by atoms with Gasteiger partial charge in [0.2, 0.25) is 0 Å². The van der Waals surface area contributed by atoms with Gasteiger partial charge in [0.25, 0.3) is 0 Å². The molecule has 316 valence electrons. The second-order valence-corrected chi connectivity index (χ2v) is 23.3. The number of rotatable bonds is 5. The van der Waals surface area contributed by atoms with Gasteiger partial charge in [-0.05, 0) is 153 Å². The number of nitrogens with one attached hydrogen (secondary N) is 1. The summed E-state index contributed by atoms with van der Waals surface area (Å²) in [5.41, 5.74) is 23.2. The molecule has 1 saturated carbocycles. The summed E-state index contributed by atoms with van der Waals surface area (Å²) in [6, 6.07) is 38.1. The van der Waals surface area contributed by atoms with Crippen LogP contribution < -0.4 is 15.7 Å². The molecule has 5 aromatic carbocycles. The Morgan fingerprint density at radius 2 is 1.35 bits per heavy atom. The van der Waals surface area contributed by atoms with Gasteiger partial charge in [-0.3, -0.25) is 0 Å². The molecule has 5 aliphatic carbocycles. The van der Waals surface area contributed by atoms with Gasteiger partial charge in [0.15, 0.2) is 7.28 Å². The molecule has 2 aliphatic heterocycles. The highest BCUT2D eigenvalue weighted by atomic mass is 15.1. The summed E-state index contributed by atoms with van der Waals surface area (Å²) in [6.45, 7) is 27.3. The first-order valence-corrected chi connectivity index (χ1v) is 23.9. The van der Waals surface area contributed by atoms with Crippen LogP contribution in [0.2, 0.25) is 5.82 Å².